The van der Waals surface area contributed by atoms with Crippen molar-refractivity contribution in [3.8, 4) is 0 Å². The highest BCUT2D eigenvalue weighted by molar-refractivity contribution is 6.21. The molecular formula is C9H14ClN3O. The van der Waals surface area contributed by atoms with Crippen LogP contribution >= 0.6 is 11.6 Å². The molecule has 0 aromatic carbocycles. The smallest absolute Gasteiger partial charge is 0.222 e. The van der Waals surface area contributed by atoms with E-state index in [1.54, 1.807) is 13.3 Å². The zero-order valence-electron chi connectivity index (χ0n) is 8.33. The maximum atomic E-state index is 5.93. The van der Waals surface area contributed by atoms with Crippen LogP contribution in [0, 0.1) is 6.92 Å². The molecule has 0 aliphatic heterocycles. The Bertz CT molecular complexity index is 283. The lowest BCUT2D eigenvalue weighted by Crippen LogP contribution is -2.20. The van der Waals surface area contributed by atoms with E-state index in [1.165, 1.54) is 0 Å². The number of alkyl halides is 1. The molecule has 1 heterocycles. The van der Waals surface area contributed by atoms with Gasteiger partial charge in [0.05, 0.1) is 12.0 Å². The van der Waals surface area contributed by atoms with Gasteiger partial charge in [0.1, 0.15) is 0 Å². The fourth-order valence-corrected chi connectivity index (χ4v) is 1.18. The molecule has 0 bridgehead atoms. The summed E-state index contributed by atoms with van der Waals surface area (Å²) in [4.78, 5) is 8.23. The largest absolute Gasteiger partial charge is 0.383 e. The fourth-order valence-electron chi connectivity index (χ4n) is 0.976. The van der Waals surface area contributed by atoms with Crippen LogP contribution in [-0.4, -0.2) is 35.6 Å². The van der Waals surface area contributed by atoms with Crippen molar-refractivity contribution in [2.75, 3.05) is 25.6 Å². The number of aromatic nitrogens is 2. The van der Waals surface area contributed by atoms with Crippen LogP contribution < -0.4 is 5.32 Å². The number of ether oxygens (including phenoxy) is 1. The van der Waals surface area contributed by atoms with Gasteiger partial charge in [0, 0.05) is 25.5 Å². The van der Waals surface area contributed by atoms with Gasteiger partial charge in [-0.05, 0) is 13.0 Å². The summed E-state index contributed by atoms with van der Waals surface area (Å²) < 4.78 is 4.90. The molecule has 1 unspecified atom stereocenters. The predicted molar refractivity (Wildman–Crippen MR) is 56.8 cm³/mol. The molecular weight excluding hydrogens is 202 g/mol. The lowest BCUT2D eigenvalue weighted by Gasteiger charge is -2.09. The lowest BCUT2D eigenvalue weighted by atomic mass is 10.4. The van der Waals surface area contributed by atoms with Gasteiger partial charge in [0.2, 0.25) is 5.95 Å². The van der Waals surface area contributed by atoms with Crippen LogP contribution in [0.2, 0.25) is 0 Å². The molecule has 0 radical (unpaired) electrons. The van der Waals surface area contributed by atoms with Gasteiger partial charge < -0.3 is 10.1 Å². The van der Waals surface area contributed by atoms with Crippen LogP contribution in [0.3, 0.4) is 0 Å². The van der Waals surface area contributed by atoms with Crippen LogP contribution in [0.1, 0.15) is 5.69 Å². The third-order valence-electron chi connectivity index (χ3n) is 1.62. The van der Waals surface area contributed by atoms with Gasteiger partial charge in [-0.2, -0.15) is 0 Å². The maximum Gasteiger partial charge on any atom is 0.222 e. The van der Waals surface area contributed by atoms with E-state index in [1.807, 2.05) is 13.0 Å². The van der Waals surface area contributed by atoms with E-state index in [2.05, 4.69) is 15.3 Å². The number of aryl methyl sites for hydroxylation is 1. The second-order valence-electron chi connectivity index (χ2n) is 2.96. The van der Waals surface area contributed by atoms with E-state index < -0.39 is 0 Å². The molecule has 0 fully saturated rings. The Morgan fingerprint density at radius 2 is 2.43 bits per heavy atom. The Hall–Kier alpha value is -0.870. The molecule has 1 rings (SSSR count). The normalized spacial score (nSPS) is 12.5. The highest BCUT2D eigenvalue weighted by atomic mass is 35.5. The highest BCUT2D eigenvalue weighted by Crippen LogP contribution is 2.01. The molecule has 78 valence electrons. The minimum atomic E-state index is -0.0656. The average molecular weight is 216 g/mol. The molecule has 1 aromatic rings. The molecule has 0 saturated carbocycles. The molecule has 4 nitrogen and oxygen atoms in total. The predicted octanol–water partition coefficient (Wildman–Crippen LogP) is 1.45. The van der Waals surface area contributed by atoms with Crippen LogP contribution in [-0.2, 0) is 4.74 Å². The Kier molecular flexibility index (Phi) is 4.62. The standard InChI is InChI=1S/C9H14ClN3O/c1-7-3-4-11-9(13-7)12-5-8(10)6-14-2/h3-4,8H,5-6H2,1-2H3,(H,11,12,13). The third-order valence-corrected chi connectivity index (χ3v) is 1.90. The van der Waals surface area contributed by atoms with E-state index in [0.29, 0.717) is 19.1 Å². The first-order valence-electron chi connectivity index (χ1n) is 4.39. The first kappa shape index (κ1) is 11.2. The summed E-state index contributed by atoms with van der Waals surface area (Å²) in [6, 6.07) is 1.85. The number of nitrogens with zero attached hydrogens (tertiary/aromatic N) is 2. The summed E-state index contributed by atoms with van der Waals surface area (Å²) >= 11 is 5.93. The van der Waals surface area contributed by atoms with Gasteiger partial charge >= 0.3 is 0 Å². The van der Waals surface area contributed by atoms with Crippen molar-refractivity contribution in [1.82, 2.24) is 9.97 Å². The van der Waals surface area contributed by atoms with Crippen LogP contribution in [0.15, 0.2) is 12.3 Å². The third kappa shape index (κ3) is 3.89. The van der Waals surface area contributed by atoms with Gasteiger partial charge in [-0.25, -0.2) is 9.97 Å². The number of anilines is 1. The lowest BCUT2D eigenvalue weighted by molar-refractivity contribution is 0.200. The second kappa shape index (κ2) is 5.78. The minimum absolute atomic E-state index is 0.0656. The monoisotopic (exact) mass is 215 g/mol. The summed E-state index contributed by atoms with van der Waals surface area (Å²) in [5, 5.41) is 2.97. The maximum absolute atomic E-state index is 5.93. The van der Waals surface area contributed by atoms with Crippen molar-refractivity contribution in [2.24, 2.45) is 0 Å². The van der Waals surface area contributed by atoms with Gasteiger partial charge in [-0.1, -0.05) is 0 Å². The SMILES string of the molecule is COCC(Cl)CNc1nccc(C)n1. The average Bonchev–Trinajstić information content (AvgIpc) is 2.15. The number of methoxy groups -OCH3 is 1. The molecule has 0 aliphatic rings. The molecule has 0 saturated heterocycles. The van der Waals surface area contributed by atoms with Gasteiger partial charge in [-0.15, -0.1) is 11.6 Å². The topological polar surface area (TPSA) is 47.0 Å². The molecule has 5 heteroatoms. The number of hydrogen-bond donors (Lipinski definition) is 1. The first-order valence-corrected chi connectivity index (χ1v) is 4.82. The fraction of sp³-hybridized carbons (Fsp3) is 0.556. The van der Waals surface area contributed by atoms with Crippen LogP contribution in [0.4, 0.5) is 5.95 Å². The molecule has 1 N–H and O–H groups in total. The van der Waals surface area contributed by atoms with E-state index in [4.69, 9.17) is 16.3 Å². The Labute approximate surface area is 88.7 Å². The summed E-state index contributed by atoms with van der Waals surface area (Å²) in [6.45, 7) is 3.03. The van der Waals surface area contributed by atoms with Crippen molar-refractivity contribution in [3.63, 3.8) is 0 Å². The molecule has 1 aromatic heterocycles. The number of halogens is 1. The minimum Gasteiger partial charge on any atom is -0.383 e. The van der Waals surface area contributed by atoms with Gasteiger partial charge in [0.15, 0.2) is 0 Å². The second-order valence-corrected chi connectivity index (χ2v) is 3.57. The summed E-state index contributed by atoms with van der Waals surface area (Å²) in [5.41, 5.74) is 0.931. The zero-order valence-corrected chi connectivity index (χ0v) is 9.08. The molecule has 14 heavy (non-hydrogen) atoms. The van der Waals surface area contributed by atoms with Crippen molar-refractivity contribution in [2.45, 2.75) is 12.3 Å². The van der Waals surface area contributed by atoms with Crippen LogP contribution in [0.5, 0.6) is 0 Å². The Morgan fingerprint density at radius 3 is 3.07 bits per heavy atom. The Balaban J connectivity index is 2.37. The van der Waals surface area contributed by atoms with E-state index in [9.17, 15) is 0 Å². The first-order chi connectivity index (χ1) is 6.72. The van der Waals surface area contributed by atoms with E-state index in [-0.39, 0.29) is 5.38 Å². The Morgan fingerprint density at radius 1 is 1.64 bits per heavy atom. The zero-order chi connectivity index (χ0) is 10.4. The van der Waals surface area contributed by atoms with Gasteiger partial charge in [0.25, 0.3) is 0 Å². The summed E-state index contributed by atoms with van der Waals surface area (Å²) in [6.07, 6.45) is 1.71. The highest BCUT2D eigenvalue weighted by Gasteiger charge is 2.04. The van der Waals surface area contributed by atoms with Crippen LogP contribution in [0.25, 0.3) is 0 Å². The summed E-state index contributed by atoms with van der Waals surface area (Å²) in [7, 11) is 1.62. The van der Waals surface area contributed by atoms with Crippen molar-refractivity contribution >= 4 is 17.5 Å². The van der Waals surface area contributed by atoms with Crippen molar-refractivity contribution in [3.05, 3.63) is 18.0 Å². The molecule has 0 spiro atoms. The van der Waals surface area contributed by atoms with E-state index in [0.717, 1.165) is 5.69 Å². The van der Waals surface area contributed by atoms with E-state index >= 15 is 0 Å². The summed E-state index contributed by atoms with van der Waals surface area (Å²) in [5.74, 6) is 0.603. The van der Waals surface area contributed by atoms with Crippen molar-refractivity contribution in [1.29, 1.82) is 0 Å². The number of rotatable bonds is 5. The van der Waals surface area contributed by atoms with Crippen molar-refractivity contribution < 1.29 is 4.74 Å². The molecule has 0 amide bonds. The number of hydrogen-bond acceptors (Lipinski definition) is 4. The number of nitrogens with one attached hydrogen (secondary N) is 1. The molecule has 1 atom stereocenters. The molecule has 0 aliphatic carbocycles. The quantitative estimate of drug-likeness (QED) is 0.756. The van der Waals surface area contributed by atoms with Gasteiger partial charge in [-0.3, -0.25) is 0 Å².